The number of carbonyl (C=O) groups excluding carboxylic acids is 1. The minimum atomic E-state index is -0.965. The van der Waals surface area contributed by atoms with Crippen LogP contribution in [-0.4, -0.2) is 30.5 Å². The van der Waals surface area contributed by atoms with Crippen molar-refractivity contribution in [3.63, 3.8) is 0 Å². The van der Waals surface area contributed by atoms with Crippen molar-refractivity contribution in [3.8, 4) is 5.75 Å². The molecule has 0 aliphatic rings. The third-order valence-corrected chi connectivity index (χ3v) is 3.33. The first kappa shape index (κ1) is 14.9. The van der Waals surface area contributed by atoms with E-state index in [2.05, 4.69) is 20.3 Å². The number of aromatic hydroxyl groups is 1. The Morgan fingerprint density at radius 1 is 1.30 bits per heavy atom. The summed E-state index contributed by atoms with van der Waals surface area (Å²) in [6.07, 6.45) is 0.548. The first-order chi connectivity index (χ1) is 11.0. The third-order valence-electron chi connectivity index (χ3n) is 3.33. The Bertz CT molecular complexity index is 891. The van der Waals surface area contributed by atoms with Gasteiger partial charge in [-0.05, 0) is 26.0 Å². The van der Waals surface area contributed by atoms with Crippen LogP contribution in [0.25, 0.3) is 11.2 Å². The molecule has 0 atom stereocenters. The predicted octanol–water partition coefficient (Wildman–Crippen LogP) is 2.50. The summed E-state index contributed by atoms with van der Waals surface area (Å²) in [5.41, 5.74) is 0.631. The number of phenolic OH excluding ortho intramolecular Hbond substituents is 1. The number of rotatable bonds is 3. The Labute approximate surface area is 130 Å². The van der Waals surface area contributed by atoms with E-state index in [0.29, 0.717) is 5.65 Å². The van der Waals surface area contributed by atoms with Crippen LogP contribution >= 0.6 is 0 Å². The molecule has 0 aliphatic heterocycles. The molecule has 2 aromatic heterocycles. The van der Waals surface area contributed by atoms with Crippen molar-refractivity contribution < 1.29 is 14.3 Å². The van der Waals surface area contributed by atoms with Gasteiger partial charge in [0.05, 0.1) is 11.9 Å². The quantitative estimate of drug-likeness (QED) is 0.724. The number of aromatic nitrogens is 4. The summed E-state index contributed by atoms with van der Waals surface area (Å²) in [6, 6.07) is 6.07. The number of carbonyl (C=O) groups is 1. The van der Waals surface area contributed by atoms with Crippen LogP contribution in [0.3, 0.4) is 0 Å². The third kappa shape index (κ3) is 2.70. The van der Waals surface area contributed by atoms with E-state index in [1.54, 1.807) is 16.7 Å². The van der Waals surface area contributed by atoms with Crippen LogP contribution in [0.5, 0.6) is 5.75 Å². The van der Waals surface area contributed by atoms with E-state index in [0.717, 1.165) is 0 Å². The van der Waals surface area contributed by atoms with Gasteiger partial charge < -0.3 is 15.0 Å². The van der Waals surface area contributed by atoms with Crippen LogP contribution in [-0.2, 0) is 0 Å². The number of halogens is 1. The molecule has 2 heterocycles. The second-order valence-electron chi connectivity index (χ2n) is 5.23. The monoisotopic (exact) mass is 315 g/mol. The van der Waals surface area contributed by atoms with E-state index in [1.165, 1.54) is 18.5 Å². The molecule has 3 aromatic rings. The first-order valence-electron chi connectivity index (χ1n) is 6.97. The number of imidazole rings is 1. The maximum atomic E-state index is 13.7. The highest BCUT2D eigenvalue weighted by Crippen LogP contribution is 2.23. The molecule has 0 aliphatic carbocycles. The Hall–Kier alpha value is -3.03. The van der Waals surface area contributed by atoms with Gasteiger partial charge in [0.15, 0.2) is 17.0 Å². The standard InChI is InChI=1S/C15H14FN5O2/c1-8(2)21-7-17-11-12(19-15(16)20-13(11)21)18-14(23)9-5-3-4-6-10(9)22/h3-8,22H,1-2H3,(H,18,19,20,23). The second-order valence-corrected chi connectivity index (χ2v) is 5.23. The lowest BCUT2D eigenvalue weighted by Crippen LogP contribution is -2.14. The molecule has 0 spiro atoms. The normalized spacial score (nSPS) is 11.1. The smallest absolute Gasteiger partial charge is 0.312 e. The van der Waals surface area contributed by atoms with Crippen molar-refractivity contribution in [3.05, 3.63) is 42.2 Å². The van der Waals surface area contributed by atoms with Crippen LogP contribution in [0.4, 0.5) is 10.2 Å². The van der Waals surface area contributed by atoms with Gasteiger partial charge in [-0.3, -0.25) is 4.79 Å². The first-order valence-corrected chi connectivity index (χ1v) is 6.97. The number of hydrogen-bond acceptors (Lipinski definition) is 5. The van der Waals surface area contributed by atoms with Crippen molar-refractivity contribution in [2.24, 2.45) is 0 Å². The fourth-order valence-electron chi connectivity index (χ4n) is 2.20. The lowest BCUT2D eigenvalue weighted by atomic mass is 10.2. The lowest BCUT2D eigenvalue weighted by Gasteiger charge is -2.09. The zero-order valence-corrected chi connectivity index (χ0v) is 12.5. The highest BCUT2D eigenvalue weighted by molar-refractivity contribution is 6.08. The Morgan fingerprint density at radius 3 is 2.74 bits per heavy atom. The Kier molecular flexibility index (Phi) is 3.65. The topological polar surface area (TPSA) is 92.9 Å². The molecule has 0 saturated carbocycles. The molecule has 1 amide bonds. The molecule has 0 fully saturated rings. The number of amides is 1. The summed E-state index contributed by atoms with van der Waals surface area (Å²) < 4.78 is 15.4. The van der Waals surface area contributed by atoms with Crippen LogP contribution in [0.1, 0.15) is 30.2 Å². The maximum absolute atomic E-state index is 13.7. The zero-order chi connectivity index (χ0) is 16.6. The summed E-state index contributed by atoms with van der Waals surface area (Å²) in [6.45, 7) is 3.81. The summed E-state index contributed by atoms with van der Waals surface area (Å²) in [7, 11) is 0. The Morgan fingerprint density at radius 2 is 2.04 bits per heavy atom. The van der Waals surface area contributed by atoms with Crippen molar-refractivity contribution >= 4 is 22.9 Å². The van der Waals surface area contributed by atoms with Gasteiger partial charge in [-0.25, -0.2) is 4.98 Å². The molecule has 1 aromatic carbocycles. The fraction of sp³-hybridized carbons (Fsp3) is 0.200. The molecule has 7 nitrogen and oxygen atoms in total. The van der Waals surface area contributed by atoms with Crippen molar-refractivity contribution in [1.82, 2.24) is 19.5 Å². The van der Waals surface area contributed by atoms with Crippen molar-refractivity contribution in [2.45, 2.75) is 19.9 Å². The largest absolute Gasteiger partial charge is 0.507 e. The minimum Gasteiger partial charge on any atom is -0.507 e. The molecule has 0 unspecified atom stereocenters. The van der Waals surface area contributed by atoms with Gasteiger partial charge in [-0.15, -0.1) is 0 Å². The van der Waals surface area contributed by atoms with Gasteiger partial charge in [-0.1, -0.05) is 12.1 Å². The highest BCUT2D eigenvalue weighted by atomic mass is 19.1. The van der Waals surface area contributed by atoms with E-state index >= 15 is 0 Å². The number of benzene rings is 1. The summed E-state index contributed by atoms with van der Waals surface area (Å²) in [4.78, 5) is 23.7. The molecule has 0 saturated heterocycles. The number of para-hydroxylation sites is 1. The molecule has 23 heavy (non-hydrogen) atoms. The molecular weight excluding hydrogens is 301 g/mol. The molecule has 0 radical (unpaired) electrons. The Balaban J connectivity index is 2.03. The summed E-state index contributed by atoms with van der Waals surface area (Å²) >= 11 is 0. The summed E-state index contributed by atoms with van der Waals surface area (Å²) in [5, 5.41) is 12.2. The van der Waals surface area contributed by atoms with Gasteiger partial charge in [0.25, 0.3) is 5.91 Å². The van der Waals surface area contributed by atoms with Crippen molar-refractivity contribution in [1.29, 1.82) is 0 Å². The number of anilines is 1. The molecule has 8 heteroatoms. The van der Waals surface area contributed by atoms with E-state index < -0.39 is 12.0 Å². The number of nitrogens with zero attached hydrogens (tertiary/aromatic N) is 4. The second kappa shape index (κ2) is 5.64. The number of fused-ring (bicyclic) bond motifs is 1. The van der Waals surface area contributed by atoms with E-state index in [4.69, 9.17) is 0 Å². The minimum absolute atomic E-state index is 0.0241. The molecule has 2 N–H and O–H groups in total. The maximum Gasteiger partial charge on any atom is 0.312 e. The molecule has 3 rings (SSSR count). The summed E-state index contributed by atoms with van der Waals surface area (Å²) in [5.74, 6) is -0.828. The molecule has 0 bridgehead atoms. The van der Waals surface area contributed by atoms with Crippen LogP contribution in [0, 0.1) is 6.08 Å². The van der Waals surface area contributed by atoms with E-state index in [9.17, 15) is 14.3 Å². The van der Waals surface area contributed by atoms with Crippen LogP contribution in [0.2, 0.25) is 0 Å². The highest BCUT2D eigenvalue weighted by Gasteiger charge is 2.18. The molecular formula is C15H14FN5O2. The zero-order valence-electron chi connectivity index (χ0n) is 12.5. The average Bonchev–Trinajstić information content (AvgIpc) is 2.91. The van der Waals surface area contributed by atoms with E-state index in [-0.39, 0.29) is 28.7 Å². The van der Waals surface area contributed by atoms with Gasteiger partial charge in [0.2, 0.25) is 0 Å². The van der Waals surface area contributed by atoms with Gasteiger partial charge in [-0.2, -0.15) is 14.4 Å². The van der Waals surface area contributed by atoms with E-state index in [1.807, 2.05) is 13.8 Å². The SMILES string of the molecule is CC(C)n1cnc2c(NC(=O)c3ccccc3O)nc(F)nc21. The number of hydrogen-bond donors (Lipinski definition) is 2. The lowest BCUT2D eigenvalue weighted by molar-refractivity contribution is 0.102. The van der Waals surface area contributed by atoms with Gasteiger partial charge in [0, 0.05) is 6.04 Å². The molecule has 118 valence electrons. The van der Waals surface area contributed by atoms with Crippen LogP contribution < -0.4 is 5.32 Å². The van der Waals surface area contributed by atoms with Crippen LogP contribution in [0.15, 0.2) is 30.6 Å². The van der Waals surface area contributed by atoms with Gasteiger partial charge >= 0.3 is 6.08 Å². The average molecular weight is 315 g/mol. The van der Waals surface area contributed by atoms with Crippen molar-refractivity contribution in [2.75, 3.05) is 5.32 Å². The number of nitrogens with one attached hydrogen (secondary N) is 1. The fourth-order valence-corrected chi connectivity index (χ4v) is 2.20. The van der Waals surface area contributed by atoms with Gasteiger partial charge in [0.1, 0.15) is 5.75 Å². The number of phenols is 1. The predicted molar refractivity (Wildman–Crippen MR) is 81.7 cm³/mol.